The van der Waals surface area contributed by atoms with Gasteiger partial charge in [0.05, 0.1) is 16.9 Å². The van der Waals surface area contributed by atoms with E-state index in [-0.39, 0.29) is 17.2 Å². The summed E-state index contributed by atoms with van der Waals surface area (Å²) < 4.78 is 1.65. The van der Waals surface area contributed by atoms with E-state index < -0.39 is 11.6 Å². The number of carboxylic acid groups (broad SMARTS) is 1. The van der Waals surface area contributed by atoms with Crippen molar-refractivity contribution in [2.24, 2.45) is 7.05 Å². The Morgan fingerprint density at radius 1 is 1.08 bits per heavy atom. The molecule has 3 N–H and O–H groups in total. The summed E-state index contributed by atoms with van der Waals surface area (Å²) >= 11 is 0. The average molecular weight is 527 g/mol. The fourth-order valence-corrected chi connectivity index (χ4v) is 5.37. The Bertz CT molecular complexity index is 1600. The number of nitrogens with one attached hydrogen (secondary N) is 1. The summed E-state index contributed by atoms with van der Waals surface area (Å²) in [5, 5.41) is 24.7. The molecule has 8 nitrogen and oxygen atoms in total. The second kappa shape index (κ2) is 10.2. The minimum Gasteiger partial charge on any atom is -0.478 e. The number of rotatable bonds is 6. The van der Waals surface area contributed by atoms with Gasteiger partial charge in [0.2, 0.25) is 0 Å². The first kappa shape index (κ1) is 26.4. The van der Waals surface area contributed by atoms with Crippen molar-refractivity contribution < 1.29 is 15.0 Å². The summed E-state index contributed by atoms with van der Waals surface area (Å²) in [6.45, 7) is 7.28. The van der Waals surface area contributed by atoms with E-state index >= 15 is 0 Å². The Hall–Kier alpha value is -4.17. The van der Waals surface area contributed by atoms with Gasteiger partial charge in [0.25, 0.3) is 5.56 Å². The van der Waals surface area contributed by atoms with Crippen LogP contribution in [0.15, 0.2) is 65.6 Å². The summed E-state index contributed by atoms with van der Waals surface area (Å²) in [6, 6.07) is 16.5. The van der Waals surface area contributed by atoms with E-state index in [9.17, 15) is 19.8 Å². The lowest BCUT2D eigenvalue weighted by Crippen LogP contribution is -2.42. The lowest BCUT2D eigenvalue weighted by Gasteiger charge is -2.36. The molecule has 1 unspecified atom stereocenters. The Morgan fingerprint density at radius 2 is 1.79 bits per heavy atom. The predicted molar refractivity (Wildman–Crippen MR) is 155 cm³/mol. The van der Waals surface area contributed by atoms with Crippen LogP contribution in [0.2, 0.25) is 0 Å². The van der Waals surface area contributed by atoms with E-state index in [1.807, 2.05) is 51.1 Å². The smallest absolute Gasteiger partial charge is 0.337 e. The van der Waals surface area contributed by atoms with Gasteiger partial charge in [-0.05, 0) is 86.5 Å². The van der Waals surface area contributed by atoms with Crippen LogP contribution < -0.4 is 15.8 Å². The topological polar surface area (TPSA) is 108 Å². The molecule has 5 rings (SSSR count). The van der Waals surface area contributed by atoms with Crippen LogP contribution in [0.5, 0.6) is 0 Å². The maximum Gasteiger partial charge on any atom is 0.337 e. The molecular weight excluding hydrogens is 492 g/mol. The molecular formula is C31H34N4O4. The molecule has 0 amide bonds. The number of hydrogen-bond donors (Lipinski definition) is 3. The van der Waals surface area contributed by atoms with Crippen LogP contribution in [0.4, 0.5) is 11.5 Å². The zero-order valence-electron chi connectivity index (χ0n) is 22.7. The van der Waals surface area contributed by atoms with Crippen molar-refractivity contribution in [1.29, 1.82) is 0 Å². The quantitative estimate of drug-likeness (QED) is 0.320. The normalized spacial score (nSPS) is 15.8. The van der Waals surface area contributed by atoms with Crippen LogP contribution >= 0.6 is 0 Å². The van der Waals surface area contributed by atoms with E-state index in [0.29, 0.717) is 23.9 Å². The van der Waals surface area contributed by atoms with Gasteiger partial charge in [0, 0.05) is 49.0 Å². The molecule has 1 aliphatic rings. The third-order valence-electron chi connectivity index (χ3n) is 7.74. The SMILES string of the molecule is Cc1cc(C(C)Nc2ccccc2C(=O)O)c2cc(-c3ccc(N4CCC(C)(O)CC4)nc3)n(C)c(=O)c2c1. The highest BCUT2D eigenvalue weighted by Gasteiger charge is 2.28. The zero-order chi connectivity index (χ0) is 27.9. The van der Waals surface area contributed by atoms with E-state index in [0.717, 1.165) is 46.7 Å². The number of anilines is 2. The Kier molecular flexibility index (Phi) is 6.91. The Balaban J connectivity index is 1.53. The number of para-hydroxylation sites is 1. The maximum atomic E-state index is 13.5. The van der Waals surface area contributed by atoms with Gasteiger partial charge in [0.15, 0.2) is 0 Å². The molecule has 2 aromatic heterocycles. The van der Waals surface area contributed by atoms with E-state index in [2.05, 4.69) is 10.2 Å². The highest BCUT2D eigenvalue weighted by Crippen LogP contribution is 2.32. The molecule has 0 radical (unpaired) electrons. The molecule has 4 aromatic rings. The Morgan fingerprint density at radius 3 is 2.46 bits per heavy atom. The summed E-state index contributed by atoms with van der Waals surface area (Å²) in [6.07, 6.45) is 3.18. The molecule has 8 heteroatoms. The molecule has 2 aromatic carbocycles. The molecule has 3 heterocycles. The summed E-state index contributed by atoms with van der Waals surface area (Å²) in [5.74, 6) is -0.146. The van der Waals surface area contributed by atoms with Crippen molar-refractivity contribution in [3.8, 4) is 11.3 Å². The number of hydrogen-bond acceptors (Lipinski definition) is 6. The summed E-state index contributed by atoms with van der Waals surface area (Å²) in [7, 11) is 1.77. The first-order valence-electron chi connectivity index (χ1n) is 13.2. The molecule has 1 aliphatic heterocycles. The molecule has 1 saturated heterocycles. The lowest BCUT2D eigenvalue weighted by molar-refractivity contribution is 0.0350. The largest absolute Gasteiger partial charge is 0.478 e. The first-order valence-corrected chi connectivity index (χ1v) is 13.2. The first-order chi connectivity index (χ1) is 18.5. The average Bonchev–Trinajstić information content (AvgIpc) is 2.91. The van der Waals surface area contributed by atoms with Crippen molar-refractivity contribution in [3.63, 3.8) is 0 Å². The lowest BCUT2D eigenvalue weighted by atomic mass is 9.94. The third-order valence-corrected chi connectivity index (χ3v) is 7.74. The third kappa shape index (κ3) is 5.25. The molecule has 0 bridgehead atoms. The standard InChI is InChI=1S/C31H34N4O4/c1-19-15-23(20(2)33-26-8-6-5-7-22(26)30(37)38)24-17-27(34(4)29(36)25(24)16-19)21-9-10-28(32-18-21)35-13-11-31(3,39)12-14-35/h5-10,15-18,20,33,39H,11-14H2,1-4H3,(H,37,38). The van der Waals surface area contributed by atoms with Gasteiger partial charge in [-0.2, -0.15) is 0 Å². The van der Waals surface area contributed by atoms with Crippen LogP contribution in [0, 0.1) is 6.92 Å². The number of benzene rings is 2. The van der Waals surface area contributed by atoms with Crippen LogP contribution in [0.1, 0.15) is 54.2 Å². The van der Waals surface area contributed by atoms with Crippen LogP contribution in [-0.2, 0) is 7.05 Å². The highest BCUT2D eigenvalue weighted by molar-refractivity contribution is 5.94. The van der Waals surface area contributed by atoms with Crippen molar-refractivity contribution >= 4 is 28.2 Å². The highest BCUT2D eigenvalue weighted by atomic mass is 16.4. The molecule has 39 heavy (non-hydrogen) atoms. The summed E-state index contributed by atoms with van der Waals surface area (Å²) in [5.41, 5.74) is 3.43. The molecule has 0 saturated carbocycles. The number of pyridine rings is 2. The van der Waals surface area contributed by atoms with E-state index in [4.69, 9.17) is 4.98 Å². The number of carbonyl (C=O) groups is 1. The molecule has 202 valence electrons. The van der Waals surface area contributed by atoms with Gasteiger partial charge < -0.3 is 25.0 Å². The molecule has 1 fully saturated rings. The van der Waals surface area contributed by atoms with Gasteiger partial charge in [-0.3, -0.25) is 4.79 Å². The number of aromatic carboxylic acids is 1. The maximum absolute atomic E-state index is 13.5. The van der Waals surface area contributed by atoms with Crippen LogP contribution in [0.3, 0.4) is 0 Å². The fraction of sp³-hybridized carbons (Fsp3) is 0.323. The number of aromatic nitrogens is 2. The van der Waals surface area contributed by atoms with Gasteiger partial charge in [-0.1, -0.05) is 18.2 Å². The number of piperidine rings is 1. The Labute approximate surface area is 227 Å². The minimum atomic E-state index is -0.999. The van der Waals surface area contributed by atoms with Crippen molar-refractivity contribution in [1.82, 2.24) is 9.55 Å². The monoisotopic (exact) mass is 526 g/mol. The second-order valence-electron chi connectivity index (χ2n) is 10.8. The van der Waals surface area contributed by atoms with Gasteiger partial charge in [-0.25, -0.2) is 9.78 Å². The van der Waals surface area contributed by atoms with Crippen molar-refractivity contribution in [3.05, 3.63) is 87.8 Å². The fourth-order valence-electron chi connectivity index (χ4n) is 5.37. The predicted octanol–water partition coefficient (Wildman–Crippen LogP) is 5.13. The van der Waals surface area contributed by atoms with Gasteiger partial charge >= 0.3 is 5.97 Å². The number of aliphatic hydroxyl groups is 1. The number of nitrogens with zero attached hydrogens (tertiary/aromatic N) is 3. The molecule has 1 atom stereocenters. The second-order valence-corrected chi connectivity index (χ2v) is 10.8. The zero-order valence-corrected chi connectivity index (χ0v) is 22.7. The number of aryl methyl sites for hydroxylation is 1. The van der Waals surface area contributed by atoms with Crippen molar-refractivity contribution in [2.45, 2.75) is 45.3 Å². The van der Waals surface area contributed by atoms with E-state index in [1.54, 1.807) is 42.1 Å². The van der Waals surface area contributed by atoms with Gasteiger partial charge in [0.1, 0.15) is 5.82 Å². The number of fused-ring (bicyclic) bond motifs is 1. The molecule has 0 aliphatic carbocycles. The van der Waals surface area contributed by atoms with Crippen LogP contribution in [-0.4, -0.2) is 44.4 Å². The van der Waals surface area contributed by atoms with Crippen LogP contribution in [0.25, 0.3) is 22.0 Å². The van der Waals surface area contributed by atoms with Crippen molar-refractivity contribution in [2.75, 3.05) is 23.3 Å². The van der Waals surface area contributed by atoms with E-state index in [1.165, 1.54) is 0 Å². The summed E-state index contributed by atoms with van der Waals surface area (Å²) in [4.78, 5) is 32.1. The molecule has 0 spiro atoms. The minimum absolute atomic E-state index is 0.104. The number of carboxylic acids is 1. The van der Waals surface area contributed by atoms with Gasteiger partial charge in [-0.15, -0.1) is 0 Å².